The standard InChI is InChI=1S/C24H29N3O3/c1-18(22-26-20-10-6-7-11-21(20)27(22)14-17-29-2)25-23(28)24(12-15-30-16-13-24)19-8-4-3-5-9-19/h3-11,18H,12-17H2,1-2H3,(H,25,28)/t18-/m0/s1. The van der Waals surface area contributed by atoms with Gasteiger partial charge in [-0.3, -0.25) is 4.79 Å². The molecule has 0 spiro atoms. The van der Waals surface area contributed by atoms with E-state index in [-0.39, 0.29) is 11.9 Å². The van der Waals surface area contributed by atoms with Crippen molar-refractivity contribution in [1.29, 1.82) is 0 Å². The maximum absolute atomic E-state index is 13.6. The van der Waals surface area contributed by atoms with Gasteiger partial charge in [-0.05, 0) is 37.5 Å². The van der Waals surface area contributed by atoms with Crippen LogP contribution < -0.4 is 5.32 Å². The lowest BCUT2D eigenvalue weighted by Crippen LogP contribution is -2.48. The first-order valence-electron chi connectivity index (χ1n) is 10.5. The van der Waals surface area contributed by atoms with Crippen molar-refractivity contribution in [3.63, 3.8) is 0 Å². The number of nitrogens with zero attached hydrogens (tertiary/aromatic N) is 2. The molecule has 0 saturated carbocycles. The fourth-order valence-corrected chi connectivity index (χ4v) is 4.37. The van der Waals surface area contributed by atoms with E-state index in [4.69, 9.17) is 14.5 Å². The predicted octanol–water partition coefficient (Wildman–Crippen LogP) is 3.61. The van der Waals surface area contributed by atoms with E-state index < -0.39 is 5.41 Å². The number of hydrogen-bond acceptors (Lipinski definition) is 4. The van der Waals surface area contributed by atoms with Crippen molar-refractivity contribution in [2.75, 3.05) is 26.9 Å². The third kappa shape index (κ3) is 3.85. The topological polar surface area (TPSA) is 65.4 Å². The number of imidazole rings is 1. The number of benzene rings is 2. The first kappa shape index (κ1) is 20.6. The molecule has 1 aliphatic rings. The molecule has 1 N–H and O–H groups in total. The molecule has 1 aliphatic heterocycles. The number of nitrogens with one attached hydrogen (secondary N) is 1. The van der Waals surface area contributed by atoms with Gasteiger partial charge in [0.2, 0.25) is 5.91 Å². The lowest BCUT2D eigenvalue weighted by atomic mass is 9.73. The predicted molar refractivity (Wildman–Crippen MR) is 116 cm³/mol. The number of fused-ring (bicyclic) bond motifs is 1. The highest BCUT2D eigenvalue weighted by atomic mass is 16.5. The van der Waals surface area contributed by atoms with Crippen LogP contribution in [0.3, 0.4) is 0 Å². The van der Waals surface area contributed by atoms with Gasteiger partial charge < -0.3 is 19.4 Å². The Morgan fingerprint density at radius 2 is 1.87 bits per heavy atom. The van der Waals surface area contributed by atoms with E-state index in [1.54, 1.807) is 7.11 Å². The highest BCUT2D eigenvalue weighted by Crippen LogP contribution is 2.36. The van der Waals surface area contributed by atoms with E-state index in [1.165, 1.54) is 0 Å². The smallest absolute Gasteiger partial charge is 0.231 e. The summed E-state index contributed by atoms with van der Waals surface area (Å²) in [5.41, 5.74) is 2.45. The van der Waals surface area contributed by atoms with Crippen LogP contribution in [0.25, 0.3) is 11.0 Å². The number of ether oxygens (including phenoxy) is 2. The lowest BCUT2D eigenvalue weighted by molar-refractivity contribution is -0.131. The van der Waals surface area contributed by atoms with Crippen LogP contribution in [0.15, 0.2) is 54.6 Å². The summed E-state index contributed by atoms with van der Waals surface area (Å²) < 4.78 is 13.0. The average Bonchev–Trinajstić information content (AvgIpc) is 3.17. The van der Waals surface area contributed by atoms with Crippen molar-refractivity contribution < 1.29 is 14.3 Å². The Bertz CT molecular complexity index is 993. The summed E-state index contributed by atoms with van der Waals surface area (Å²) in [6.07, 6.45) is 1.35. The van der Waals surface area contributed by atoms with Crippen LogP contribution in [0.2, 0.25) is 0 Å². The van der Waals surface area contributed by atoms with Crippen molar-refractivity contribution in [2.45, 2.75) is 37.8 Å². The van der Waals surface area contributed by atoms with Gasteiger partial charge in [-0.15, -0.1) is 0 Å². The fraction of sp³-hybridized carbons (Fsp3) is 0.417. The third-order valence-electron chi connectivity index (χ3n) is 6.05. The number of para-hydroxylation sites is 2. The molecule has 3 aromatic rings. The van der Waals surface area contributed by atoms with Crippen LogP contribution in [0.1, 0.15) is 37.2 Å². The summed E-state index contributed by atoms with van der Waals surface area (Å²) >= 11 is 0. The quantitative estimate of drug-likeness (QED) is 0.650. The van der Waals surface area contributed by atoms with E-state index in [2.05, 4.69) is 16.0 Å². The van der Waals surface area contributed by atoms with Crippen molar-refractivity contribution in [3.05, 3.63) is 66.0 Å². The highest BCUT2D eigenvalue weighted by Gasteiger charge is 2.42. The highest BCUT2D eigenvalue weighted by molar-refractivity contribution is 5.88. The molecule has 2 heterocycles. The minimum Gasteiger partial charge on any atom is -0.383 e. The Hall–Kier alpha value is -2.70. The second-order valence-corrected chi connectivity index (χ2v) is 7.86. The van der Waals surface area contributed by atoms with Gasteiger partial charge >= 0.3 is 0 Å². The Labute approximate surface area is 177 Å². The molecule has 1 amide bonds. The first-order chi connectivity index (χ1) is 14.7. The molecule has 4 rings (SSSR count). The van der Waals surface area contributed by atoms with E-state index in [0.29, 0.717) is 39.2 Å². The van der Waals surface area contributed by atoms with Gasteiger partial charge in [0, 0.05) is 26.9 Å². The zero-order chi connectivity index (χ0) is 21.0. The van der Waals surface area contributed by atoms with Gasteiger partial charge in [0.15, 0.2) is 0 Å². The zero-order valence-electron chi connectivity index (χ0n) is 17.6. The van der Waals surface area contributed by atoms with Crippen molar-refractivity contribution in [2.24, 2.45) is 0 Å². The van der Waals surface area contributed by atoms with Crippen molar-refractivity contribution >= 4 is 16.9 Å². The molecule has 0 radical (unpaired) electrons. The second-order valence-electron chi connectivity index (χ2n) is 7.86. The molecule has 2 aromatic carbocycles. The molecule has 1 saturated heterocycles. The fourth-order valence-electron chi connectivity index (χ4n) is 4.37. The summed E-state index contributed by atoms with van der Waals surface area (Å²) in [5.74, 6) is 0.881. The molecule has 1 aromatic heterocycles. The van der Waals surface area contributed by atoms with Crippen LogP contribution >= 0.6 is 0 Å². The average molecular weight is 408 g/mol. The second kappa shape index (κ2) is 8.98. The number of aromatic nitrogens is 2. The molecule has 6 nitrogen and oxygen atoms in total. The van der Waals surface area contributed by atoms with Crippen LogP contribution in [0.5, 0.6) is 0 Å². The Morgan fingerprint density at radius 3 is 2.60 bits per heavy atom. The number of methoxy groups -OCH3 is 1. The molecule has 0 bridgehead atoms. The summed E-state index contributed by atoms with van der Waals surface area (Å²) in [7, 11) is 1.69. The molecule has 0 aliphatic carbocycles. The van der Waals surface area contributed by atoms with Crippen LogP contribution in [0.4, 0.5) is 0 Å². The number of carbonyl (C=O) groups excluding carboxylic acids is 1. The molecule has 1 atom stereocenters. The molecule has 1 fully saturated rings. The van der Waals surface area contributed by atoms with Crippen LogP contribution in [-0.4, -0.2) is 42.4 Å². The van der Waals surface area contributed by atoms with Crippen LogP contribution in [0, 0.1) is 0 Å². The zero-order valence-corrected chi connectivity index (χ0v) is 17.6. The lowest BCUT2D eigenvalue weighted by Gasteiger charge is -2.37. The summed E-state index contributed by atoms with van der Waals surface area (Å²) in [6, 6.07) is 17.9. The minimum atomic E-state index is -0.572. The van der Waals surface area contributed by atoms with Gasteiger partial charge in [0.05, 0.1) is 29.1 Å². The van der Waals surface area contributed by atoms with E-state index in [1.807, 2.05) is 55.5 Å². The summed E-state index contributed by atoms with van der Waals surface area (Å²) in [6.45, 7) is 4.44. The molecule has 0 unspecified atom stereocenters. The number of amides is 1. The Balaban J connectivity index is 1.64. The molecule has 6 heteroatoms. The van der Waals surface area contributed by atoms with Crippen molar-refractivity contribution in [1.82, 2.24) is 14.9 Å². The number of hydrogen-bond donors (Lipinski definition) is 1. The summed E-state index contributed by atoms with van der Waals surface area (Å²) in [4.78, 5) is 18.4. The molecule has 30 heavy (non-hydrogen) atoms. The monoisotopic (exact) mass is 407 g/mol. The SMILES string of the molecule is COCCn1c([C@H](C)NC(=O)C2(c3ccccc3)CCOCC2)nc2ccccc21. The van der Waals surface area contributed by atoms with Crippen LogP contribution in [-0.2, 0) is 26.2 Å². The van der Waals surface area contributed by atoms with Gasteiger partial charge in [-0.2, -0.15) is 0 Å². The largest absolute Gasteiger partial charge is 0.383 e. The van der Waals surface area contributed by atoms with E-state index in [0.717, 1.165) is 22.4 Å². The minimum absolute atomic E-state index is 0.0369. The Kier molecular flexibility index (Phi) is 6.16. The van der Waals surface area contributed by atoms with Gasteiger partial charge in [-0.25, -0.2) is 4.98 Å². The normalized spacial score (nSPS) is 17.0. The van der Waals surface area contributed by atoms with Gasteiger partial charge in [0.1, 0.15) is 5.82 Å². The molecular formula is C24H29N3O3. The van der Waals surface area contributed by atoms with Gasteiger partial charge in [0.25, 0.3) is 0 Å². The number of carbonyl (C=O) groups is 1. The number of rotatable bonds is 7. The maximum atomic E-state index is 13.6. The Morgan fingerprint density at radius 1 is 1.17 bits per heavy atom. The maximum Gasteiger partial charge on any atom is 0.231 e. The molecular weight excluding hydrogens is 378 g/mol. The summed E-state index contributed by atoms with van der Waals surface area (Å²) in [5, 5.41) is 3.26. The van der Waals surface area contributed by atoms with E-state index in [9.17, 15) is 4.79 Å². The molecule has 158 valence electrons. The van der Waals surface area contributed by atoms with E-state index >= 15 is 0 Å². The first-order valence-corrected chi connectivity index (χ1v) is 10.5. The van der Waals surface area contributed by atoms with Crippen molar-refractivity contribution in [3.8, 4) is 0 Å². The van der Waals surface area contributed by atoms with Gasteiger partial charge in [-0.1, -0.05) is 42.5 Å². The third-order valence-corrected chi connectivity index (χ3v) is 6.05.